The number of likely N-dealkylation sites (tertiary alicyclic amines) is 1. The zero-order chi connectivity index (χ0) is 10.1. The number of nitrogens with zero attached hydrogens (tertiary/aromatic N) is 2. The Bertz CT molecular complexity index is 338. The van der Waals surface area contributed by atoms with Crippen molar-refractivity contribution in [2.24, 2.45) is 0 Å². The molecule has 0 radical (unpaired) electrons. The van der Waals surface area contributed by atoms with Gasteiger partial charge in [-0.05, 0) is 51.4 Å². The van der Waals surface area contributed by atoms with Crippen LogP contribution in [0.25, 0.3) is 0 Å². The SMILES string of the molecule is Cc1cnc(C)c([C@@H]2CCCN2C)c1.[NaH]. The normalized spacial score (nSPS) is 21.4. The number of aromatic nitrogens is 1. The second-order valence-electron chi connectivity index (χ2n) is 4.33. The maximum absolute atomic E-state index is 4.43. The van der Waals surface area contributed by atoms with Gasteiger partial charge in [-0.2, -0.15) is 0 Å². The molecule has 0 bridgehead atoms. The summed E-state index contributed by atoms with van der Waals surface area (Å²) in [6.07, 6.45) is 4.55. The Hall–Kier alpha value is 0.110. The molecule has 0 spiro atoms. The Morgan fingerprint density at radius 3 is 2.73 bits per heavy atom. The van der Waals surface area contributed by atoms with E-state index in [0.717, 1.165) is 0 Å². The Morgan fingerprint density at radius 1 is 1.40 bits per heavy atom. The van der Waals surface area contributed by atoms with E-state index in [1.807, 2.05) is 6.20 Å². The summed E-state index contributed by atoms with van der Waals surface area (Å²) in [5.41, 5.74) is 3.88. The summed E-state index contributed by atoms with van der Waals surface area (Å²) >= 11 is 0. The molecule has 1 fully saturated rings. The summed E-state index contributed by atoms with van der Waals surface area (Å²) < 4.78 is 0. The van der Waals surface area contributed by atoms with Crippen LogP contribution in [-0.2, 0) is 0 Å². The van der Waals surface area contributed by atoms with Gasteiger partial charge in [0.25, 0.3) is 0 Å². The first-order chi connectivity index (χ1) is 6.68. The van der Waals surface area contributed by atoms with Gasteiger partial charge in [-0.25, -0.2) is 0 Å². The second kappa shape index (κ2) is 5.44. The van der Waals surface area contributed by atoms with E-state index in [-0.39, 0.29) is 29.6 Å². The van der Waals surface area contributed by atoms with E-state index in [2.05, 4.69) is 36.8 Å². The molecule has 1 aromatic rings. The first-order valence-electron chi connectivity index (χ1n) is 5.32. The molecule has 0 aromatic carbocycles. The third kappa shape index (κ3) is 2.82. The van der Waals surface area contributed by atoms with E-state index < -0.39 is 0 Å². The van der Waals surface area contributed by atoms with Crippen LogP contribution in [0.4, 0.5) is 0 Å². The van der Waals surface area contributed by atoms with Crippen molar-refractivity contribution in [2.45, 2.75) is 32.7 Å². The third-order valence-corrected chi connectivity index (χ3v) is 3.14. The predicted molar refractivity (Wildman–Crippen MR) is 65.5 cm³/mol. The molecular weight excluding hydrogens is 195 g/mol. The molecule has 0 amide bonds. The summed E-state index contributed by atoms with van der Waals surface area (Å²) in [6.45, 7) is 5.45. The first kappa shape index (κ1) is 13.2. The molecule has 2 rings (SSSR count). The molecule has 0 aliphatic carbocycles. The number of rotatable bonds is 1. The summed E-state index contributed by atoms with van der Waals surface area (Å²) in [5.74, 6) is 0. The van der Waals surface area contributed by atoms with E-state index in [9.17, 15) is 0 Å². The van der Waals surface area contributed by atoms with Crippen LogP contribution in [0.1, 0.15) is 35.7 Å². The van der Waals surface area contributed by atoms with Crippen molar-refractivity contribution in [2.75, 3.05) is 13.6 Å². The zero-order valence-corrected chi connectivity index (χ0v) is 9.25. The van der Waals surface area contributed by atoms with Crippen molar-refractivity contribution in [1.29, 1.82) is 0 Å². The van der Waals surface area contributed by atoms with E-state index in [4.69, 9.17) is 0 Å². The molecule has 1 saturated heterocycles. The minimum atomic E-state index is 0. The molecule has 2 nitrogen and oxygen atoms in total. The first-order valence-corrected chi connectivity index (χ1v) is 5.32. The molecule has 1 aliphatic rings. The van der Waals surface area contributed by atoms with Crippen molar-refractivity contribution in [3.63, 3.8) is 0 Å². The number of aryl methyl sites for hydroxylation is 2. The summed E-state index contributed by atoms with van der Waals surface area (Å²) in [5, 5.41) is 0. The van der Waals surface area contributed by atoms with Crippen LogP contribution in [0, 0.1) is 13.8 Å². The Balaban J connectivity index is 0.00000112. The maximum atomic E-state index is 4.43. The van der Waals surface area contributed by atoms with Crippen LogP contribution in [0.3, 0.4) is 0 Å². The van der Waals surface area contributed by atoms with Gasteiger partial charge in [0, 0.05) is 17.9 Å². The van der Waals surface area contributed by atoms with Gasteiger partial charge in [-0.15, -0.1) is 0 Å². The molecule has 0 N–H and O–H groups in total. The van der Waals surface area contributed by atoms with Gasteiger partial charge in [0.1, 0.15) is 0 Å². The topological polar surface area (TPSA) is 16.1 Å². The summed E-state index contributed by atoms with van der Waals surface area (Å²) in [6, 6.07) is 2.89. The number of hydrogen-bond acceptors (Lipinski definition) is 2. The fraction of sp³-hybridized carbons (Fsp3) is 0.583. The zero-order valence-electron chi connectivity index (χ0n) is 9.25. The second-order valence-corrected chi connectivity index (χ2v) is 4.33. The third-order valence-electron chi connectivity index (χ3n) is 3.14. The predicted octanol–water partition coefficient (Wildman–Crippen LogP) is 1.82. The Morgan fingerprint density at radius 2 is 2.13 bits per heavy atom. The van der Waals surface area contributed by atoms with Gasteiger partial charge in [0.2, 0.25) is 0 Å². The summed E-state index contributed by atoms with van der Waals surface area (Å²) in [4.78, 5) is 6.86. The van der Waals surface area contributed by atoms with Crippen molar-refractivity contribution in [3.8, 4) is 0 Å². The Labute approximate surface area is 114 Å². The Kier molecular flexibility index (Phi) is 4.78. The average molecular weight is 214 g/mol. The van der Waals surface area contributed by atoms with Crippen molar-refractivity contribution >= 4 is 29.6 Å². The number of hydrogen-bond donors (Lipinski definition) is 0. The molecule has 2 heterocycles. The van der Waals surface area contributed by atoms with Crippen molar-refractivity contribution in [3.05, 3.63) is 29.1 Å². The molecule has 78 valence electrons. The van der Waals surface area contributed by atoms with E-state index in [1.54, 1.807) is 0 Å². The van der Waals surface area contributed by atoms with E-state index >= 15 is 0 Å². The molecular formula is C12H19N2Na. The van der Waals surface area contributed by atoms with Gasteiger partial charge in [-0.3, -0.25) is 9.88 Å². The summed E-state index contributed by atoms with van der Waals surface area (Å²) in [7, 11) is 2.21. The number of pyridine rings is 1. The minimum absolute atomic E-state index is 0. The molecule has 1 aromatic heterocycles. The molecule has 0 unspecified atom stereocenters. The van der Waals surface area contributed by atoms with Gasteiger partial charge in [0.15, 0.2) is 0 Å². The van der Waals surface area contributed by atoms with E-state index in [0.29, 0.717) is 6.04 Å². The molecule has 1 atom stereocenters. The fourth-order valence-corrected chi connectivity index (χ4v) is 2.30. The standard InChI is InChI=1S/C12H18N2.Na.H/c1-9-7-11(10(2)13-8-9)12-5-4-6-14(12)3;;/h7-8,12H,4-6H2,1-3H3;;/t12-;;/m0../s1. The molecule has 0 saturated carbocycles. The quantitative estimate of drug-likeness (QED) is 0.663. The fourth-order valence-electron chi connectivity index (χ4n) is 2.30. The van der Waals surface area contributed by atoms with Crippen molar-refractivity contribution < 1.29 is 0 Å². The van der Waals surface area contributed by atoms with Gasteiger partial charge < -0.3 is 0 Å². The van der Waals surface area contributed by atoms with Crippen LogP contribution in [0.2, 0.25) is 0 Å². The monoisotopic (exact) mass is 214 g/mol. The van der Waals surface area contributed by atoms with Crippen LogP contribution >= 0.6 is 0 Å². The van der Waals surface area contributed by atoms with Crippen molar-refractivity contribution in [1.82, 2.24) is 9.88 Å². The van der Waals surface area contributed by atoms with Gasteiger partial charge in [-0.1, -0.05) is 6.07 Å². The van der Waals surface area contributed by atoms with Crippen LogP contribution in [0.15, 0.2) is 12.3 Å². The van der Waals surface area contributed by atoms with E-state index in [1.165, 1.54) is 36.2 Å². The van der Waals surface area contributed by atoms with Crippen LogP contribution in [0.5, 0.6) is 0 Å². The molecule has 15 heavy (non-hydrogen) atoms. The van der Waals surface area contributed by atoms with Crippen LogP contribution in [-0.4, -0.2) is 53.0 Å². The van der Waals surface area contributed by atoms with Gasteiger partial charge >= 0.3 is 29.6 Å². The van der Waals surface area contributed by atoms with Crippen LogP contribution < -0.4 is 0 Å². The molecule has 3 heteroatoms. The molecule has 1 aliphatic heterocycles. The van der Waals surface area contributed by atoms with Gasteiger partial charge in [0.05, 0.1) is 0 Å². The average Bonchev–Trinajstić information content (AvgIpc) is 2.56.